The molecular weight excluding hydrogens is 195 g/mol. The lowest BCUT2D eigenvalue weighted by molar-refractivity contribution is -0.137. The number of alkyl halides is 3. The molecule has 0 aliphatic heterocycles. The monoisotopic (exact) mass is 201 g/mol. The fourth-order valence-corrected chi connectivity index (χ4v) is 0.931. The molecule has 0 aromatic carbocycles. The van der Waals surface area contributed by atoms with E-state index in [9.17, 15) is 13.2 Å². The van der Waals surface area contributed by atoms with Crippen LogP contribution in [0.2, 0.25) is 0 Å². The highest BCUT2D eigenvalue weighted by molar-refractivity contribution is 5.48. The van der Waals surface area contributed by atoms with Crippen molar-refractivity contribution in [3.05, 3.63) is 23.5 Å². The average Bonchev–Trinajstić information content (AvgIpc) is 2.02. The molecule has 0 aliphatic carbocycles. The summed E-state index contributed by atoms with van der Waals surface area (Å²) < 4.78 is 36.5. The van der Waals surface area contributed by atoms with Crippen molar-refractivity contribution in [2.45, 2.75) is 12.6 Å². The number of nitrogens with two attached hydrogens (primary N) is 1. The van der Waals surface area contributed by atoms with Crippen molar-refractivity contribution in [2.75, 3.05) is 5.73 Å². The van der Waals surface area contributed by atoms with E-state index in [-0.39, 0.29) is 12.1 Å². The second-order valence-electron chi connectivity index (χ2n) is 2.60. The zero-order chi connectivity index (χ0) is 10.8. The lowest BCUT2D eigenvalue weighted by atomic mass is 10.2. The maximum Gasteiger partial charge on any atom is 0.419 e. The Labute approximate surface area is 78.0 Å². The number of nitrogen functional groups attached to an aromatic ring is 1. The lowest BCUT2D eigenvalue weighted by Crippen LogP contribution is -2.10. The molecule has 1 aromatic rings. The summed E-state index contributed by atoms with van der Waals surface area (Å²) in [4.78, 5) is 3.47. The average molecular weight is 201 g/mol. The van der Waals surface area contributed by atoms with Crippen LogP contribution in [0.25, 0.3) is 0 Å². The molecule has 3 nitrogen and oxygen atoms in total. The van der Waals surface area contributed by atoms with Gasteiger partial charge < -0.3 is 5.73 Å². The van der Waals surface area contributed by atoms with Gasteiger partial charge in [0.1, 0.15) is 0 Å². The third-order valence-electron chi connectivity index (χ3n) is 1.56. The van der Waals surface area contributed by atoms with Gasteiger partial charge in [0.2, 0.25) is 0 Å². The van der Waals surface area contributed by atoms with Crippen molar-refractivity contribution < 1.29 is 13.2 Å². The summed E-state index contributed by atoms with van der Waals surface area (Å²) in [6.07, 6.45) is -3.91. The van der Waals surface area contributed by atoms with Crippen LogP contribution < -0.4 is 5.73 Å². The first kappa shape index (κ1) is 10.3. The minimum Gasteiger partial charge on any atom is -0.398 e. The van der Waals surface area contributed by atoms with Crippen molar-refractivity contribution in [3.8, 4) is 6.07 Å². The van der Waals surface area contributed by atoms with Gasteiger partial charge in [-0.1, -0.05) is 0 Å². The molecule has 1 rings (SSSR count). The van der Waals surface area contributed by atoms with Crippen molar-refractivity contribution in [1.29, 1.82) is 5.26 Å². The van der Waals surface area contributed by atoms with Gasteiger partial charge in [-0.2, -0.15) is 18.4 Å². The predicted molar refractivity (Wildman–Crippen MR) is 43.0 cm³/mol. The van der Waals surface area contributed by atoms with Crippen LogP contribution in [0.3, 0.4) is 0 Å². The molecule has 0 saturated carbocycles. The van der Waals surface area contributed by atoms with E-state index in [1.807, 2.05) is 0 Å². The Kier molecular flexibility index (Phi) is 2.60. The first-order valence-corrected chi connectivity index (χ1v) is 3.63. The van der Waals surface area contributed by atoms with Crippen LogP contribution in [0.4, 0.5) is 18.9 Å². The minimum absolute atomic E-state index is 0.0532. The third kappa shape index (κ3) is 2.13. The molecule has 0 saturated heterocycles. The highest BCUT2D eigenvalue weighted by Crippen LogP contribution is 2.32. The lowest BCUT2D eigenvalue weighted by Gasteiger charge is -2.09. The number of nitriles is 1. The summed E-state index contributed by atoms with van der Waals surface area (Å²) in [6, 6.07) is 2.83. The van der Waals surface area contributed by atoms with Crippen LogP contribution in [0, 0.1) is 11.3 Å². The molecule has 74 valence electrons. The van der Waals surface area contributed by atoms with E-state index in [0.717, 1.165) is 6.07 Å². The van der Waals surface area contributed by atoms with Gasteiger partial charge in [-0.15, -0.1) is 0 Å². The molecule has 6 heteroatoms. The van der Waals surface area contributed by atoms with E-state index in [1.54, 1.807) is 6.07 Å². The molecule has 0 fully saturated rings. The topological polar surface area (TPSA) is 62.7 Å². The third-order valence-corrected chi connectivity index (χ3v) is 1.56. The SMILES string of the molecule is N#CCc1cc(N)c(C(F)(F)F)cn1. The highest BCUT2D eigenvalue weighted by atomic mass is 19.4. The molecule has 1 heterocycles. The van der Waals surface area contributed by atoms with Crippen molar-refractivity contribution >= 4 is 5.69 Å². The number of halogens is 3. The van der Waals surface area contributed by atoms with Gasteiger partial charge in [-0.25, -0.2) is 0 Å². The number of anilines is 1. The Bertz CT molecular complexity index is 378. The number of nitrogens with zero attached hydrogens (tertiary/aromatic N) is 2. The Balaban J connectivity index is 3.09. The molecule has 0 unspecified atom stereocenters. The first-order chi connectivity index (χ1) is 6.45. The number of hydrogen-bond acceptors (Lipinski definition) is 3. The normalized spacial score (nSPS) is 11.0. The molecule has 0 amide bonds. The molecule has 0 atom stereocenters. The quantitative estimate of drug-likeness (QED) is 0.752. The molecule has 1 aromatic heterocycles. The van der Waals surface area contributed by atoms with Crippen LogP contribution in [-0.4, -0.2) is 4.98 Å². The number of aromatic nitrogens is 1. The van der Waals surface area contributed by atoms with Gasteiger partial charge in [0.25, 0.3) is 0 Å². The van der Waals surface area contributed by atoms with Gasteiger partial charge in [0, 0.05) is 11.9 Å². The Morgan fingerprint density at radius 2 is 2.14 bits per heavy atom. The molecule has 0 spiro atoms. The Hall–Kier alpha value is -1.77. The van der Waals surface area contributed by atoms with E-state index >= 15 is 0 Å². The molecular formula is C8H6F3N3. The molecule has 2 N–H and O–H groups in total. The van der Waals surface area contributed by atoms with E-state index in [4.69, 9.17) is 11.0 Å². The van der Waals surface area contributed by atoms with Gasteiger partial charge in [-0.05, 0) is 6.07 Å². The largest absolute Gasteiger partial charge is 0.419 e. The van der Waals surface area contributed by atoms with Gasteiger partial charge in [0.15, 0.2) is 0 Å². The van der Waals surface area contributed by atoms with E-state index in [0.29, 0.717) is 6.20 Å². The van der Waals surface area contributed by atoms with Crippen LogP contribution in [0.5, 0.6) is 0 Å². The maximum absolute atomic E-state index is 12.2. The van der Waals surface area contributed by atoms with E-state index < -0.39 is 17.4 Å². The van der Waals surface area contributed by atoms with Crippen LogP contribution in [0.15, 0.2) is 12.3 Å². The smallest absolute Gasteiger partial charge is 0.398 e. The van der Waals surface area contributed by atoms with Gasteiger partial charge in [-0.3, -0.25) is 4.98 Å². The minimum atomic E-state index is -4.50. The summed E-state index contributed by atoms with van der Waals surface area (Å²) in [5.74, 6) is 0. The Morgan fingerprint density at radius 3 is 2.57 bits per heavy atom. The Morgan fingerprint density at radius 1 is 1.50 bits per heavy atom. The van der Waals surface area contributed by atoms with Crippen molar-refractivity contribution in [3.63, 3.8) is 0 Å². The molecule has 0 aliphatic rings. The van der Waals surface area contributed by atoms with Crippen molar-refractivity contribution in [2.24, 2.45) is 0 Å². The van der Waals surface area contributed by atoms with Crippen LogP contribution >= 0.6 is 0 Å². The summed E-state index contributed by atoms with van der Waals surface area (Å²) in [6.45, 7) is 0. The number of rotatable bonds is 1. The van der Waals surface area contributed by atoms with Crippen molar-refractivity contribution in [1.82, 2.24) is 4.98 Å². The van der Waals surface area contributed by atoms with Crippen LogP contribution in [0.1, 0.15) is 11.3 Å². The zero-order valence-electron chi connectivity index (χ0n) is 6.97. The predicted octanol–water partition coefficient (Wildman–Crippen LogP) is 1.75. The summed E-state index contributed by atoms with van der Waals surface area (Å²) in [7, 11) is 0. The van der Waals surface area contributed by atoms with E-state index in [2.05, 4.69) is 4.98 Å². The summed E-state index contributed by atoms with van der Waals surface area (Å²) in [5, 5.41) is 8.29. The first-order valence-electron chi connectivity index (χ1n) is 3.63. The standard InChI is InChI=1S/C8H6F3N3/c9-8(10,11)6-4-14-5(1-2-12)3-7(6)13/h3-4H,1H2,(H2,13,14). The van der Waals surface area contributed by atoms with Gasteiger partial charge in [0.05, 0.1) is 23.7 Å². The summed E-state index contributed by atoms with van der Waals surface area (Å²) in [5.41, 5.74) is 4.02. The number of hydrogen-bond donors (Lipinski definition) is 1. The van der Waals surface area contributed by atoms with E-state index in [1.165, 1.54) is 0 Å². The fourth-order valence-electron chi connectivity index (χ4n) is 0.931. The fraction of sp³-hybridized carbons (Fsp3) is 0.250. The van der Waals surface area contributed by atoms with Gasteiger partial charge >= 0.3 is 6.18 Å². The maximum atomic E-state index is 12.2. The zero-order valence-corrected chi connectivity index (χ0v) is 6.97. The van der Waals surface area contributed by atoms with Crippen LogP contribution in [-0.2, 0) is 12.6 Å². The molecule has 14 heavy (non-hydrogen) atoms. The number of pyridine rings is 1. The summed E-state index contributed by atoms with van der Waals surface area (Å²) >= 11 is 0. The second-order valence-corrected chi connectivity index (χ2v) is 2.60. The molecule has 0 bridgehead atoms. The highest BCUT2D eigenvalue weighted by Gasteiger charge is 2.33. The molecule has 0 radical (unpaired) electrons. The second kappa shape index (κ2) is 3.54.